The Balaban J connectivity index is 1.45. The van der Waals surface area contributed by atoms with Gasteiger partial charge < -0.3 is 25.1 Å². The third-order valence-electron chi connectivity index (χ3n) is 10.3. The maximum Gasteiger partial charge on any atom is 0.307 e. The van der Waals surface area contributed by atoms with E-state index in [4.69, 9.17) is 19.9 Å². The Morgan fingerprint density at radius 3 is 2.76 bits per heavy atom. The highest BCUT2D eigenvalue weighted by Crippen LogP contribution is 2.64. The number of hydrogen-bond acceptors (Lipinski definition) is 5. The van der Waals surface area contributed by atoms with E-state index in [0.717, 1.165) is 38.9 Å². The number of carboxylic acids is 1. The standard InChI is InChI=1S/C28H45NO5/c1-16(2)12-17-4-5-18-19-6-8-23-21-14-33-15-28(23,13-24(32-3)26(21)34-11-10-29)22(19)9-7-20(18)25(17)27(30)31/h9,16-21,23-26H,4-8,10-15,29H2,1-3H3,(H,30,31)/t17?,18?,19?,20?,21?,23?,24-,25?,26-,28+/m1/s1. The van der Waals surface area contributed by atoms with Crippen LogP contribution in [0.15, 0.2) is 11.6 Å². The number of methoxy groups -OCH3 is 1. The van der Waals surface area contributed by atoms with Crippen molar-refractivity contribution in [1.82, 2.24) is 0 Å². The molecule has 2 bridgehead atoms. The van der Waals surface area contributed by atoms with Gasteiger partial charge in [-0.1, -0.05) is 25.5 Å². The molecule has 192 valence electrons. The van der Waals surface area contributed by atoms with Crippen LogP contribution in [0.2, 0.25) is 0 Å². The number of rotatable bonds is 7. The van der Waals surface area contributed by atoms with E-state index in [2.05, 4.69) is 19.9 Å². The molecule has 3 saturated carbocycles. The van der Waals surface area contributed by atoms with Gasteiger partial charge in [-0.2, -0.15) is 0 Å². The Labute approximate surface area is 205 Å². The van der Waals surface area contributed by atoms with Crippen LogP contribution < -0.4 is 5.73 Å². The van der Waals surface area contributed by atoms with Crippen molar-refractivity contribution in [3.05, 3.63) is 11.6 Å². The van der Waals surface area contributed by atoms with Crippen LogP contribution in [0, 0.1) is 52.8 Å². The zero-order valence-electron chi connectivity index (χ0n) is 21.3. The second kappa shape index (κ2) is 9.84. The van der Waals surface area contributed by atoms with Gasteiger partial charge >= 0.3 is 5.97 Å². The monoisotopic (exact) mass is 475 g/mol. The molecular formula is C28H45NO5. The van der Waals surface area contributed by atoms with Crippen LogP contribution in [0.4, 0.5) is 0 Å². The van der Waals surface area contributed by atoms with Gasteiger partial charge in [-0.25, -0.2) is 0 Å². The van der Waals surface area contributed by atoms with E-state index in [1.165, 1.54) is 19.3 Å². The van der Waals surface area contributed by atoms with Gasteiger partial charge in [-0.15, -0.1) is 0 Å². The van der Waals surface area contributed by atoms with E-state index < -0.39 is 5.97 Å². The molecule has 7 unspecified atom stereocenters. The molecule has 6 nitrogen and oxygen atoms in total. The van der Waals surface area contributed by atoms with Crippen molar-refractivity contribution < 1.29 is 24.1 Å². The van der Waals surface area contributed by atoms with Gasteiger partial charge in [0, 0.05) is 25.0 Å². The summed E-state index contributed by atoms with van der Waals surface area (Å²) in [6, 6.07) is 0. The number of nitrogens with two attached hydrogens (primary N) is 1. The topological polar surface area (TPSA) is 91.0 Å². The highest BCUT2D eigenvalue weighted by atomic mass is 16.5. The molecule has 5 aliphatic rings. The van der Waals surface area contributed by atoms with Crippen molar-refractivity contribution in [2.45, 2.75) is 71.0 Å². The molecule has 1 heterocycles. The Bertz CT molecular complexity index is 783. The first-order valence-corrected chi connectivity index (χ1v) is 13.8. The molecule has 0 radical (unpaired) electrons. The minimum atomic E-state index is -0.567. The smallest absolute Gasteiger partial charge is 0.307 e. The first-order chi connectivity index (χ1) is 16.4. The van der Waals surface area contributed by atoms with Crippen LogP contribution >= 0.6 is 0 Å². The summed E-state index contributed by atoms with van der Waals surface area (Å²) in [6.07, 6.45) is 10.1. The van der Waals surface area contributed by atoms with Crippen LogP contribution in [0.5, 0.6) is 0 Å². The fourth-order valence-electron chi connectivity index (χ4n) is 9.29. The number of fused-ring (bicyclic) bond motifs is 3. The lowest BCUT2D eigenvalue weighted by Gasteiger charge is -2.63. The number of hydrogen-bond donors (Lipinski definition) is 2. The fraction of sp³-hybridized carbons (Fsp3) is 0.893. The summed E-state index contributed by atoms with van der Waals surface area (Å²) in [5, 5.41) is 10.3. The third-order valence-corrected chi connectivity index (χ3v) is 10.3. The van der Waals surface area contributed by atoms with Crippen molar-refractivity contribution in [1.29, 1.82) is 0 Å². The largest absolute Gasteiger partial charge is 0.481 e. The molecule has 0 amide bonds. The average Bonchev–Trinajstić information content (AvgIpc) is 2.81. The van der Waals surface area contributed by atoms with Crippen molar-refractivity contribution in [2.24, 2.45) is 58.5 Å². The van der Waals surface area contributed by atoms with Crippen molar-refractivity contribution in [3.8, 4) is 0 Å². The first kappa shape index (κ1) is 24.7. The van der Waals surface area contributed by atoms with Gasteiger partial charge in [0.05, 0.1) is 37.9 Å². The lowest BCUT2D eigenvalue weighted by atomic mass is 9.45. The minimum absolute atomic E-state index is 0.0214. The first-order valence-electron chi connectivity index (χ1n) is 13.8. The molecule has 1 aliphatic heterocycles. The van der Waals surface area contributed by atoms with Crippen LogP contribution in [-0.4, -0.2) is 56.8 Å². The Morgan fingerprint density at radius 1 is 1.24 bits per heavy atom. The van der Waals surface area contributed by atoms with Crippen molar-refractivity contribution in [2.75, 3.05) is 33.5 Å². The molecule has 4 fully saturated rings. The molecule has 0 aromatic heterocycles. The molecular weight excluding hydrogens is 430 g/mol. The minimum Gasteiger partial charge on any atom is -0.481 e. The summed E-state index contributed by atoms with van der Waals surface area (Å²) >= 11 is 0. The number of aliphatic carboxylic acids is 1. The van der Waals surface area contributed by atoms with E-state index in [0.29, 0.717) is 48.7 Å². The number of carbonyl (C=O) groups is 1. The number of ether oxygens (including phenoxy) is 3. The quantitative estimate of drug-likeness (QED) is 0.538. The van der Waals surface area contributed by atoms with Crippen molar-refractivity contribution in [3.63, 3.8) is 0 Å². The van der Waals surface area contributed by atoms with E-state index in [-0.39, 0.29) is 29.5 Å². The molecule has 4 aliphatic carbocycles. The summed E-state index contributed by atoms with van der Waals surface area (Å²) in [4.78, 5) is 12.5. The number of carboxylic acid groups (broad SMARTS) is 1. The molecule has 5 rings (SSSR count). The molecule has 0 aromatic rings. The third kappa shape index (κ3) is 3.97. The normalized spacial score (nSPS) is 45.7. The average molecular weight is 476 g/mol. The molecule has 10 atom stereocenters. The van der Waals surface area contributed by atoms with Gasteiger partial charge in [-0.05, 0) is 80.5 Å². The number of allylic oxidation sites excluding steroid dienone is 1. The van der Waals surface area contributed by atoms with E-state index >= 15 is 0 Å². The van der Waals surface area contributed by atoms with E-state index in [1.54, 1.807) is 5.57 Å². The zero-order chi connectivity index (χ0) is 24.0. The summed E-state index contributed by atoms with van der Waals surface area (Å²) in [5.41, 5.74) is 7.37. The van der Waals surface area contributed by atoms with Gasteiger partial charge in [0.25, 0.3) is 0 Å². The van der Waals surface area contributed by atoms with E-state index in [9.17, 15) is 9.90 Å². The lowest BCUT2D eigenvalue weighted by molar-refractivity contribution is -0.220. The molecule has 34 heavy (non-hydrogen) atoms. The van der Waals surface area contributed by atoms with Gasteiger partial charge in [0.15, 0.2) is 0 Å². The lowest BCUT2D eigenvalue weighted by Crippen LogP contribution is -2.63. The highest BCUT2D eigenvalue weighted by molar-refractivity contribution is 5.71. The van der Waals surface area contributed by atoms with Crippen LogP contribution in [0.25, 0.3) is 0 Å². The Kier molecular flexibility index (Phi) is 7.15. The summed E-state index contributed by atoms with van der Waals surface area (Å²) in [5.74, 6) is 2.27. The van der Waals surface area contributed by atoms with Gasteiger partial charge in [-0.3, -0.25) is 4.79 Å². The molecule has 3 N–H and O–H groups in total. The predicted molar refractivity (Wildman–Crippen MR) is 130 cm³/mol. The van der Waals surface area contributed by atoms with E-state index in [1.807, 2.05) is 7.11 Å². The second-order valence-corrected chi connectivity index (χ2v) is 12.3. The Morgan fingerprint density at radius 2 is 2.06 bits per heavy atom. The van der Waals surface area contributed by atoms with Crippen LogP contribution in [-0.2, 0) is 19.0 Å². The molecule has 1 saturated heterocycles. The van der Waals surface area contributed by atoms with Gasteiger partial charge in [0.2, 0.25) is 0 Å². The molecule has 0 spiro atoms. The second-order valence-electron chi connectivity index (χ2n) is 12.3. The summed E-state index contributed by atoms with van der Waals surface area (Å²) in [6.45, 7) is 7.05. The van der Waals surface area contributed by atoms with Crippen LogP contribution in [0.3, 0.4) is 0 Å². The molecule has 0 aromatic carbocycles. The SMILES string of the molecule is CO[C@@H]1C[C@@]23COCC(C2CCC2C3=CCC3C2CCC(CC(C)C)C3C(=O)O)[C@H]1OCCN. The predicted octanol–water partition coefficient (Wildman–Crippen LogP) is 4.13. The fourth-order valence-corrected chi connectivity index (χ4v) is 9.29. The zero-order valence-corrected chi connectivity index (χ0v) is 21.3. The summed E-state index contributed by atoms with van der Waals surface area (Å²) < 4.78 is 18.6. The highest BCUT2D eigenvalue weighted by Gasteiger charge is 2.62. The maximum atomic E-state index is 12.5. The van der Waals surface area contributed by atoms with Crippen molar-refractivity contribution >= 4 is 5.97 Å². The summed E-state index contributed by atoms with van der Waals surface area (Å²) in [7, 11) is 1.82. The molecule has 6 heteroatoms. The van der Waals surface area contributed by atoms with Crippen LogP contribution in [0.1, 0.15) is 58.8 Å². The maximum absolute atomic E-state index is 12.5. The Hall–Kier alpha value is -0.950. The van der Waals surface area contributed by atoms with Gasteiger partial charge in [0.1, 0.15) is 0 Å².